The topological polar surface area (TPSA) is 65.2 Å². The maximum Gasteiger partial charge on any atom is 0.240 e. The first-order valence-corrected chi connectivity index (χ1v) is 6.07. The van der Waals surface area contributed by atoms with Crippen LogP contribution in [0.4, 0.5) is 4.39 Å². The van der Waals surface area contributed by atoms with Gasteiger partial charge in [0, 0.05) is 6.54 Å². The standard InChI is InChI=1S/C12H15FN4O/c13-9-3-1-2-8-7(9)4-5-10(8)15-12(18)11-6-14-17-16-11/h1-3,10-11,14,16-17H,4-6H2,(H,15,18). The first-order chi connectivity index (χ1) is 8.75. The van der Waals surface area contributed by atoms with E-state index in [1.165, 1.54) is 6.07 Å². The molecule has 1 heterocycles. The van der Waals surface area contributed by atoms with Crippen LogP contribution < -0.4 is 21.7 Å². The van der Waals surface area contributed by atoms with E-state index >= 15 is 0 Å². The molecule has 18 heavy (non-hydrogen) atoms. The molecule has 0 saturated carbocycles. The second kappa shape index (κ2) is 4.64. The van der Waals surface area contributed by atoms with E-state index in [9.17, 15) is 9.18 Å². The van der Waals surface area contributed by atoms with Gasteiger partial charge in [0.05, 0.1) is 6.04 Å². The molecule has 6 heteroatoms. The van der Waals surface area contributed by atoms with Crippen LogP contribution in [0.15, 0.2) is 18.2 Å². The number of rotatable bonds is 2. The van der Waals surface area contributed by atoms with Crippen molar-refractivity contribution in [2.45, 2.75) is 24.9 Å². The zero-order valence-electron chi connectivity index (χ0n) is 9.79. The lowest BCUT2D eigenvalue weighted by Crippen LogP contribution is -2.45. The van der Waals surface area contributed by atoms with Crippen molar-refractivity contribution < 1.29 is 9.18 Å². The van der Waals surface area contributed by atoms with E-state index in [0.717, 1.165) is 17.5 Å². The Kier molecular flexibility index (Phi) is 2.99. The van der Waals surface area contributed by atoms with Crippen molar-refractivity contribution in [2.75, 3.05) is 6.54 Å². The third-order valence-corrected chi connectivity index (χ3v) is 3.49. The summed E-state index contributed by atoms with van der Waals surface area (Å²) in [6.45, 7) is 0.536. The van der Waals surface area contributed by atoms with Crippen molar-refractivity contribution in [3.05, 3.63) is 35.1 Å². The molecule has 0 aromatic heterocycles. The van der Waals surface area contributed by atoms with E-state index in [-0.39, 0.29) is 23.8 Å². The maximum absolute atomic E-state index is 13.6. The Hall–Kier alpha value is -1.50. The van der Waals surface area contributed by atoms with Gasteiger partial charge in [-0.15, -0.1) is 0 Å². The third-order valence-electron chi connectivity index (χ3n) is 3.49. The number of hydrogen-bond acceptors (Lipinski definition) is 4. The highest BCUT2D eigenvalue weighted by molar-refractivity contribution is 5.82. The van der Waals surface area contributed by atoms with Crippen molar-refractivity contribution in [1.29, 1.82) is 0 Å². The average molecular weight is 250 g/mol. The van der Waals surface area contributed by atoms with Gasteiger partial charge in [0.1, 0.15) is 11.9 Å². The van der Waals surface area contributed by atoms with Gasteiger partial charge in [0.2, 0.25) is 5.91 Å². The first-order valence-electron chi connectivity index (χ1n) is 6.07. The molecule has 1 fully saturated rings. The van der Waals surface area contributed by atoms with Crippen molar-refractivity contribution in [2.24, 2.45) is 0 Å². The second-order valence-electron chi connectivity index (χ2n) is 4.61. The predicted octanol–water partition coefficient (Wildman–Crippen LogP) is -0.0898. The van der Waals surface area contributed by atoms with Crippen molar-refractivity contribution in [3.8, 4) is 0 Å². The van der Waals surface area contributed by atoms with Gasteiger partial charge < -0.3 is 5.32 Å². The molecule has 0 bridgehead atoms. The molecule has 1 aliphatic heterocycles. The summed E-state index contributed by atoms with van der Waals surface area (Å²) in [4.78, 5) is 11.9. The van der Waals surface area contributed by atoms with Crippen LogP contribution in [-0.4, -0.2) is 18.5 Å². The zero-order valence-corrected chi connectivity index (χ0v) is 9.79. The fourth-order valence-corrected chi connectivity index (χ4v) is 2.53. The van der Waals surface area contributed by atoms with Gasteiger partial charge in [0.25, 0.3) is 0 Å². The molecule has 1 aromatic carbocycles. The summed E-state index contributed by atoms with van der Waals surface area (Å²) in [6.07, 6.45) is 1.44. The molecule has 1 amide bonds. The summed E-state index contributed by atoms with van der Waals surface area (Å²) >= 11 is 0. The maximum atomic E-state index is 13.6. The molecule has 2 atom stereocenters. The van der Waals surface area contributed by atoms with Gasteiger partial charge in [-0.25, -0.2) is 15.2 Å². The molecule has 0 radical (unpaired) electrons. The lowest BCUT2D eigenvalue weighted by atomic mass is 10.1. The molecule has 1 saturated heterocycles. The first kappa shape index (κ1) is 11.6. The minimum Gasteiger partial charge on any atom is -0.348 e. The van der Waals surface area contributed by atoms with E-state index in [4.69, 9.17) is 0 Å². The quantitative estimate of drug-likeness (QED) is 0.592. The minimum absolute atomic E-state index is 0.0744. The van der Waals surface area contributed by atoms with Gasteiger partial charge >= 0.3 is 0 Å². The molecule has 96 valence electrons. The van der Waals surface area contributed by atoms with Crippen LogP contribution in [0.2, 0.25) is 0 Å². The summed E-state index contributed by atoms with van der Waals surface area (Å²) in [5, 5.41) is 2.96. The summed E-state index contributed by atoms with van der Waals surface area (Å²) in [7, 11) is 0. The van der Waals surface area contributed by atoms with Crippen molar-refractivity contribution in [3.63, 3.8) is 0 Å². The monoisotopic (exact) mass is 250 g/mol. The van der Waals surface area contributed by atoms with E-state index in [2.05, 4.69) is 21.7 Å². The molecular weight excluding hydrogens is 235 g/mol. The van der Waals surface area contributed by atoms with E-state index in [1.807, 2.05) is 6.07 Å². The zero-order chi connectivity index (χ0) is 12.5. The number of hydrazine groups is 2. The number of hydrogen-bond donors (Lipinski definition) is 4. The Balaban J connectivity index is 1.72. The van der Waals surface area contributed by atoms with Crippen LogP contribution in [0.5, 0.6) is 0 Å². The molecule has 1 aliphatic carbocycles. The number of carbonyl (C=O) groups excluding carboxylic acids is 1. The van der Waals surface area contributed by atoms with Crippen LogP contribution >= 0.6 is 0 Å². The molecule has 3 rings (SSSR count). The number of benzene rings is 1. The highest BCUT2D eigenvalue weighted by Gasteiger charge is 2.29. The third kappa shape index (κ3) is 1.98. The molecule has 4 N–H and O–H groups in total. The molecule has 2 unspecified atom stereocenters. The van der Waals surface area contributed by atoms with Crippen LogP contribution in [0.3, 0.4) is 0 Å². The van der Waals surface area contributed by atoms with Crippen LogP contribution in [0.25, 0.3) is 0 Å². The number of amides is 1. The predicted molar refractivity (Wildman–Crippen MR) is 63.7 cm³/mol. The fraction of sp³-hybridized carbons (Fsp3) is 0.417. The summed E-state index contributed by atoms with van der Waals surface area (Å²) in [6, 6.07) is 4.67. The summed E-state index contributed by atoms with van der Waals surface area (Å²) in [5.41, 5.74) is 9.97. The molecule has 0 spiro atoms. The Labute approximate surface area is 104 Å². The molecule has 1 aromatic rings. The highest BCUT2D eigenvalue weighted by atomic mass is 19.1. The SMILES string of the molecule is O=C(NC1CCc2c(F)cccc21)C1CNNN1. The van der Waals surface area contributed by atoms with Crippen LogP contribution in [0, 0.1) is 5.82 Å². The lowest BCUT2D eigenvalue weighted by Gasteiger charge is -2.16. The molecular formula is C12H15FN4O. The molecule has 5 nitrogen and oxygen atoms in total. The second-order valence-corrected chi connectivity index (χ2v) is 4.61. The Bertz CT molecular complexity index is 473. The van der Waals surface area contributed by atoms with Gasteiger partial charge in [0.15, 0.2) is 0 Å². The largest absolute Gasteiger partial charge is 0.348 e. The smallest absolute Gasteiger partial charge is 0.240 e. The van der Waals surface area contributed by atoms with E-state index < -0.39 is 0 Å². The number of fused-ring (bicyclic) bond motifs is 1. The van der Waals surface area contributed by atoms with Gasteiger partial charge in [-0.2, -0.15) is 5.53 Å². The average Bonchev–Trinajstić information content (AvgIpc) is 2.99. The van der Waals surface area contributed by atoms with Gasteiger partial charge in [-0.05, 0) is 30.0 Å². The van der Waals surface area contributed by atoms with Crippen LogP contribution in [-0.2, 0) is 11.2 Å². The number of carbonyl (C=O) groups is 1. The van der Waals surface area contributed by atoms with Crippen LogP contribution in [0.1, 0.15) is 23.6 Å². The number of nitrogens with one attached hydrogen (secondary N) is 4. The summed E-state index contributed by atoms with van der Waals surface area (Å²) < 4.78 is 13.6. The fourth-order valence-electron chi connectivity index (χ4n) is 2.53. The van der Waals surface area contributed by atoms with Gasteiger partial charge in [-0.3, -0.25) is 4.79 Å². The van der Waals surface area contributed by atoms with E-state index in [0.29, 0.717) is 13.0 Å². The Morgan fingerprint density at radius 1 is 1.44 bits per heavy atom. The van der Waals surface area contributed by atoms with Gasteiger partial charge in [-0.1, -0.05) is 12.1 Å². The number of halogens is 1. The summed E-state index contributed by atoms with van der Waals surface area (Å²) in [5.74, 6) is -0.249. The Morgan fingerprint density at radius 3 is 3.11 bits per heavy atom. The van der Waals surface area contributed by atoms with Crippen molar-refractivity contribution >= 4 is 5.91 Å². The molecule has 2 aliphatic rings. The van der Waals surface area contributed by atoms with Crippen molar-refractivity contribution in [1.82, 2.24) is 21.7 Å². The normalized spacial score (nSPS) is 26.1. The highest BCUT2D eigenvalue weighted by Crippen LogP contribution is 2.32. The Morgan fingerprint density at radius 2 is 2.33 bits per heavy atom. The lowest BCUT2D eigenvalue weighted by molar-refractivity contribution is -0.123. The minimum atomic E-state index is -0.289. The van der Waals surface area contributed by atoms with E-state index in [1.54, 1.807) is 6.07 Å².